The molecule has 0 aliphatic carbocycles. The predicted octanol–water partition coefficient (Wildman–Crippen LogP) is 4.79. The van der Waals surface area contributed by atoms with Gasteiger partial charge in [-0.25, -0.2) is 0 Å². The first-order chi connectivity index (χ1) is 23.4. The van der Waals surface area contributed by atoms with Crippen LogP contribution in [0.5, 0.6) is 23.0 Å². The average molecular weight is 760 g/mol. The van der Waals surface area contributed by atoms with E-state index < -0.39 is 76.1 Å². The van der Waals surface area contributed by atoms with Gasteiger partial charge in [-0.2, -0.15) is 16.8 Å². The minimum Gasteiger partial charge on any atom is -0.505 e. The van der Waals surface area contributed by atoms with Gasteiger partial charge in [0.1, 0.15) is 73.9 Å². The first-order valence-corrected chi connectivity index (χ1v) is 18.0. The van der Waals surface area contributed by atoms with Crippen molar-refractivity contribution in [1.82, 2.24) is 0 Å². The molecule has 20 nitrogen and oxygen atoms in total. The summed E-state index contributed by atoms with van der Waals surface area (Å²) in [6.07, 6.45) is 0. The molecule has 0 atom stereocenters. The number of nitrogens with zero attached hydrogens (tertiary/aromatic N) is 4. The molecule has 0 unspecified atom stereocenters. The minimum absolute atomic E-state index is 0.0901. The van der Waals surface area contributed by atoms with Crippen LogP contribution in [-0.4, -0.2) is 88.5 Å². The Labute approximate surface area is 284 Å². The standard InChI is InChI=1S/C27H29N5O15S3/c1-45-15-2-3-18(24(10-15)49(39,40)41)29-30-19-12-22(47-7-5-34)20(13-21(19)46-6-4-33)31-32-26-25(50(42,43)44)9-14-8-23(48(36,37)38)17(28)11-16(14)27(26)35/h2-3,8-13,33-35,42-44H,4-7,28H2,1H3,(H,36,37,38)(H,39,40,41). The number of ether oxygens (including phenoxy) is 3. The summed E-state index contributed by atoms with van der Waals surface area (Å²) in [5, 5.41) is 45.1. The quantitative estimate of drug-likeness (QED) is 0.0474. The molecular weight excluding hydrogens is 731 g/mol. The van der Waals surface area contributed by atoms with Crippen LogP contribution in [0.25, 0.3) is 10.8 Å². The molecule has 0 aromatic heterocycles. The minimum atomic E-state index is -4.85. The van der Waals surface area contributed by atoms with E-state index in [4.69, 9.17) is 19.9 Å². The molecule has 0 radical (unpaired) electrons. The van der Waals surface area contributed by atoms with Gasteiger partial charge in [-0.1, -0.05) is 0 Å². The van der Waals surface area contributed by atoms with Crippen LogP contribution < -0.4 is 19.9 Å². The van der Waals surface area contributed by atoms with Crippen LogP contribution in [0.4, 0.5) is 28.4 Å². The average Bonchev–Trinajstić information content (AvgIpc) is 3.03. The van der Waals surface area contributed by atoms with Gasteiger partial charge in [-0.05, 0) is 35.7 Å². The summed E-state index contributed by atoms with van der Waals surface area (Å²) in [5.74, 6) is -1.10. The Morgan fingerprint density at radius 2 is 1.20 bits per heavy atom. The lowest BCUT2D eigenvalue weighted by atomic mass is 10.1. The molecule has 0 fully saturated rings. The van der Waals surface area contributed by atoms with Crippen molar-refractivity contribution in [2.24, 2.45) is 20.5 Å². The first kappa shape index (κ1) is 38.1. The van der Waals surface area contributed by atoms with Gasteiger partial charge in [0, 0.05) is 23.6 Å². The van der Waals surface area contributed by atoms with E-state index in [2.05, 4.69) is 20.5 Å². The number of aliphatic hydroxyl groups excluding tert-OH is 2. The Hall–Kier alpha value is -4.69. The smallest absolute Gasteiger partial charge is 0.296 e. The second kappa shape index (κ2) is 15.1. The molecule has 10 N–H and O–H groups in total. The lowest BCUT2D eigenvalue weighted by Crippen LogP contribution is -2.04. The predicted molar refractivity (Wildman–Crippen MR) is 176 cm³/mol. The van der Waals surface area contributed by atoms with Crippen molar-refractivity contribution in [2.75, 3.05) is 39.3 Å². The number of phenolic OH excluding ortho intramolecular Hbond substituents is 1. The van der Waals surface area contributed by atoms with Gasteiger partial charge in [-0.15, -0.1) is 20.5 Å². The van der Waals surface area contributed by atoms with Crippen LogP contribution in [0.3, 0.4) is 0 Å². The van der Waals surface area contributed by atoms with E-state index in [-0.39, 0.29) is 58.3 Å². The number of benzene rings is 4. The van der Waals surface area contributed by atoms with Crippen molar-refractivity contribution in [3.63, 3.8) is 0 Å². The zero-order valence-corrected chi connectivity index (χ0v) is 27.9. The number of phenols is 1. The number of nitrogen functional groups attached to an aromatic ring is 1. The zero-order chi connectivity index (χ0) is 37.0. The maximum absolute atomic E-state index is 12.0. The summed E-state index contributed by atoms with van der Waals surface area (Å²) >= 11 is 0. The van der Waals surface area contributed by atoms with Gasteiger partial charge in [0.2, 0.25) is 0 Å². The number of azo groups is 2. The monoisotopic (exact) mass is 759 g/mol. The van der Waals surface area contributed by atoms with E-state index in [1.54, 1.807) is 0 Å². The van der Waals surface area contributed by atoms with Crippen LogP contribution in [0.1, 0.15) is 0 Å². The normalized spacial score (nSPS) is 13.0. The number of methoxy groups -OCH3 is 1. The van der Waals surface area contributed by atoms with E-state index in [9.17, 15) is 54.9 Å². The van der Waals surface area contributed by atoms with E-state index in [1.807, 2.05) is 0 Å². The molecule has 50 heavy (non-hydrogen) atoms. The van der Waals surface area contributed by atoms with E-state index in [1.165, 1.54) is 19.2 Å². The molecule has 0 bridgehead atoms. The molecule has 4 aromatic carbocycles. The summed E-state index contributed by atoms with van der Waals surface area (Å²) in [7, 11) is -13.0. The molecule has 0 heterocycles. The molecule has 4 aromatic rings. The highest BCUT2D eigenvalue weighted by atomic mass is 32.3. The zero-order valence-electron chi connectivity index (χ0n) is 25.5. The van der Waals surface area contributed by atoms with Crippen LogP contribution >= 0.6 is 10.9 Å². The fourth-order valence-electron chi connectivity index (χ4n) is 4.28. The molecule has 0 saturated heterocycles. The number of rotatable bonds is 14. The van der Waals surface area contributed by atoms with Crippen molar-refractivity contribution < 1.29 is 69.1 Å². The van der Waals surface area contributed by atoms with Crippen molar-refractivity contribution in [1.29, 1.82) is 0 Å². The van der Waals surface area contributed by atoms with E-state index >= 15 is 0 Å². The maximum Gasteiger partial charge on any atom is 0.296 e. The van der Waals surface area contributed by atoms with Gasteiger partial charge in [0.25, 0.3) is 20.2 Å². The van der Waals surface area contributed by atoms with Crippen LogP contribution in [0, 0.1) is 0 Å². The molecule has 0 spiro atoms. The van der Waals surface area contributed by atoms with Crippen molar-refractivity contribution in [3.05, 3.63) is 48.5 Å². The largest absolute Gasteiger partial charge is 0.505 e. The fraction of sp³-hybridized carbons (Fsp3) is 0.185. The third-order valence-electron chi connectivity index (χ3n) is 6.46. The van der Waals surface area contributed by atoms with Crippen molar-refractivity contribution in [2.45, 2.75) is 14.7 Å². The van der Waals surface area contributed by atoms with Crippen LogP contribution in [-0.2, 0) is 20.2 Å². The number of fused-ring (bicyclic) bond motifs is 1. The Kier molecular flexibility index (Phi) is 11.5. The fourth-order valence-corrected chi connectivity index (χ4v) is 6.23. The molecule has 4 rings (SSSR count). The van der Waals surface area contributed by atoms with E-state index in [0.29, 0.717) is 0 Å². The Morgan fingerprint density at radius 3 is 1.70 bits per heavy atom. The molecule has 0 aliphatic heterocycles. The van der Waals surface area contributed by atoms with Gasteiger partial charge >= 0.3 is 0 Å². The van der Waals surface area contributed by atoms with Crippen molar-refractivity contribution >= 4 is 70.3 Å². The van der Waals surface area contributed by atoms with Crippen molar-refractivity contribution in [3.8, 4) is 23.0 Å². The highest BCUT2D eigenvalue weighted by Crippen LogP contribution is 2.55. The van der Waals surface area contributed by atoms with Gasteiger partial charge in [0.15, 0.2) is 5.75 Å². The molecule has 270 valence electrons. The number of nitrogens with two attached hydrogens (primary N) is 1. The summed E-state index contributed by atoms with van der Waals surface area (Å²) in [5.41, 5.74) is 3.85. The maximum atomic E-state index is 12.0. The molecular formula is C27H29N5O15S3. The highest BCUT2D eigenvalue weighted by molar-refractivity contribution is 8.19. The van der Waals surface area contributed by atoms with Crippen LogP contribution in [0.2, 0.25) is 0 Å². The van der Waals surface area contributed by atoms with Gasteiger partial charge in [0.05, 0.1) is 30.9 Å². The Balaban J connectivity index is 1.91. The molecule has 0 aliphatic rings. The second-order valence-electron chi connectivity index (χ2n) is 9.82. The van der Waals surface area contributed by atoms with Crippen LogP contribution in [0.15, 0.2) is 83.7 Å². The third-order valence-corrected chi connectivity index (χ3v) is 9.15. The number of hydrogen-bond acceptors (Lipinski definition) is 18. The number of anilines is 1. The molecule has 0 saturated carbocycles. The summed E-state index contributed by atoms with van der Waals surface area (Å²) in [6.45, 7) is -1.59. The summed E-state index contributed by atoms with van der Waals surface area (Å²) < 4.78 is 113. The topological polar surface area (TPSA) is 333 Å². The van der Waals surface area contributed by atoms with E-state index in [0.717, 1.165) is 36.4 Å². The third kappa shape index (κ3) is 8.72. The summed E-state index contributed by atoms with van der Waals surface area (Å²) in [6, 6.07) is 8.50. The molecule has 23 heteroatoms. The number of hydrogen-bond donors (Lipinski definition) is 9. The lowest BCUT2D eigenvalue weighted by molar-refractivity contribution is 0.198. The molecule has 0 amide bonds. The number of aromatic hydroxyl groups is 1. The second-order valence-corrected chi connectivity index (χ2v) is 14.1. The number of aliphatic hydroxyl groups is 2. The Bertz CT molecular complexity index is 2210. The van der Waals surface area contributed by atoms with Gasteiger partial charge < -0.3 is 48.9 Å². The Morgan fingerprint density at radius 1 is 0.680 bits per heavy atom. The SMILES string of the molecule is COc1ccc(N=Nc2cc(OCCO)c(N=Nc3c(S(O)(O)O)cc4cc(S(=O)(=O)O)c(N)cc4c3O)cc2OCCO)c(S(=O)(=O)O)c1. The lowest BCUT2D eigenvalue weighted by Gasteiger charge is -2.22. The first-order valence-electron chi connectivity index (χ1n) is 13.6. The summed E-state index contributed by atoms with van der Waals surface area (Å²) in [4.78, 5) is -2.22. The highest BCUT2D eigenvalue weighted by Gasteiger charge is 2.27. The van der Waals surface area contributed by atoms with Gasteiger partial charge in [-0.3, -0.25) is 9.11 Å².